The van der Waals surface area contributed by atoms with Crippen LogP contribution in [0.15, 0.2) is 39.5 Å². The molecular weight excluding hydrogens is 402 g/mol. The molecule has 154 valence electrons. The van der Waals surface area contributed by atoms with Gasteiger partial charge in [-0.2, -0.15) is 4.91 Å². The first-order valence-electron chi connectivity index (χ1n) is 9.39. The number of fused-ring (bicyclic) bond motifs is 1. The van der Waals surface area contributed by atoms with Crippen molar-refractivity contribution >= 4 is 22.3 Å². The molecule has 7 nitrogen and oxygen atoms in total. The molecule has 0 bridgehead atoms. The Balaban J connectivity index is 1.36. The maximum absolute atomic E-state index is 13.2. The van der Waals surface area contributed by atoms with Crippen molar-refractivity contribution in [3.05, 3.63) is 45.3 Å². The number of para-hydroxylation sites is 1. The average Bonchev–Trinajstić information content (AvgIpc) is 3.38. The van der Waals surface area contributed by atoms with Gasteiger partial charge in [0.05, 0.1) is 28.4 Å². The molecule has 2 aromatic heterocycles. The summed E-state index contributed by atoms with van der Waals surface area (Å²) in [7, 11) is 0. The normalized spacial score (nSPS) is 17.1. The number of nitroso groups, excluding NO2 is 1. The Morgan fingerprint density at radius 2 is 2.10 bits per heavy atom. The molecule has 4 rings (SSSR count). The zero-order valence-corrected chi connectivity index (χ0v) is 16.4. The molecule has 1 aliphatic rings. The first-order valence-corrected chi connectivity index (χ1v) is 10.3. The van der Waals surface area contributed by atoms with Gasteiger partial charge in [-0.3, -0.25) is 4.90 Å². The summed E-state index contributed by atoms with van der Waals surface area (Å²) in [5.74, 6) is 0.792. The van der Waals surface area contributed by atoms with E-state index in [9.17, 15) is 13.7 Å². The summed E-state index contributed by atoms with van der Waals surface area (Å²) in [5.41, 5.74) is 1.84. The van der Waals surface area contributed by atoms with Crippen LogP contribution in [0.25, 0.3) is 11.0 Å². The van der Waals surface area contributed by atoms with E-state index in [0.717, 1.165) is 29.6 Å². The van der Waals surface area contributed by atoms with Gasteiger partial charge < -0.3 is 9.26 Å². The zero-order valence-electron chi connectivity index (χ0n) is 15.5. The smallest absolute Gasteiger partial charge is 0.281 e. The number of likely N-dealkylation sites (tertiary alicyclic amines) is 1. The number of ether oxygens (including phenoxy) is 1. The summed E-state index contributed by atoms with van der Waals surface area (Å²) >= 11 is 1.15. The van der Waals surface area contributed by atoms with Crippen LogP contribution in [0, 0.1) is 10.8 Å². The molecule has 0 saturated carbocycles. The number of halogens is 2. The summed E-state index contributed by atoms with van der Waals surface area (Å²) in [5, 5.41) is 7.80. The quantitative estimate of drug-likeness (QED) is 0.484. The Kier molecular flexibility index (Phi) is 6.10. The number of rotatable bonds is 8. The zero-order chi connectivity index (χ0) is 20.2. The van der Waals surface area contributed by atoms with E-state index < -0.39 is 12.5 Å². The third kappa shape index (κ3) is 4.27. The number of alkyl halides is 2. The van der Waals surface area contributed by atoms with Crippen LogP contribution in [0.5, 0.6) is 5.88 Å². The minimum absolute atomic E-state index is 0.0615. The van der Waals surface area contributed by atoms with E-state index in [-0.39, 0.29) is 12.2 Å². The number of thiazole rings is 1. The van der Waals surface area contributed by atoms with Crippen LogP contribution >= 0.6 is 11.3 Å². The van der Waals surface area contributed by atoms with E-state index in [1.165, 1.54) is 5.51 Å². The second-order valence-electron chi connectivity index (χ2n) is 7.00. The van der Waals surface area contributed by atoms with Gasteiger partial charge in [-0.25, -0.2) is 13.8 Å². The van der Waals surface area contributed by atoms with Crippen molar-refractivity contribution < 1.29 is 18.0 Å². The molecule has 1 unspecified atom stereocenters. The number of aromatic nitrogens is 2. The van der Waals surface area contributed by atoms with Crippen molar-refractivity contribution in [2.45, 2.75) is 25.3 Å². The summed E-state index contributed by atoms with van der Waals surface area (Å²) in [6.07, 6.45) is -1.00. The van der Waals surface area contributed by atoms with Gasteiger partial charge in [0, 0.05) is 0 Å². The number of nitrogens with zero attached hydrogens (tertiary/aromatic N) is 4. The lowest BCUT2D eigenvalue weighted by Gasteiger charge is -2.36. The molecule has 3 aromatic rings. The largest absolute Gasteiger partial charge is 0.475 e. The van der Waals surface area contributed by atoms with Crippen molar-refractivity contribution in [2.24, 2.45) is 11.1 Å². The number of hydrogen-bond donors (Lipinski definition) is 0. The molecule has 1 fully saturated rings. The molecule has 0 N–H and O–H groups in total. The second-order valence-corrected chi connectivity index (χ2v) is 7.89. The fourth-order valence-corrected chi connectivity index (χ4v) is 4.63. The SMILES string of the molecule is O=NCC(c1scnc1C(F)F)N1CCC(COc2noc3ccccc23)CC1. The van der Waals surface area contributed by atoms with Gasteiger partial charge in [0.2, 0.25) is 0 Å². The van der Waals surface area contributed by atoms with Crippen molar-refractivity contribution in [3.8, 4) is 5.88 Å². The van der Waals surface area contributed by atoms with Crippen molar-refractivity contribution in [1.29, 1.82) is 0 Å². The van der Waals surface area contributed by atoms with Crippen molar-refractivity contribution in [3.63, 3.8) is 0 Å². The van der Waals surface area contributed by atoms with E-state index in [0.29, 0.717) is 42.0 Å². The van der Waals surface area contributed by atoms with Crippen LogP contribution in [-0.2, 0) is 0 Å². The van der Waals surface area contributed by atoms with Gasteiger partial charge in [0.25, 0.3) is 12.3 Å². The monoisotopic (exact) mass is 422 g/mol. The second kappa shape index (κ2) is 8.91. The van der Waals surface area contributed by atoms with E-state index in [2.05, 4.69) is 15.3 Å². The number of benzene rings is 1. The van der Waals surface area contributed by atoms with E-state index in [4.69, 9.17) is 9.26 Å². The Morgan fingerprint density at radius 3 is 2.86 bits per heavy atom. The molecule has 0 radical (unpaired) electrons. The predicted octanol–water partition coefficient (Wildman–Crippen LogP) is 4.82. The first-order chi connectivity index (χ1) is 14.2. The highest BCUT2D eigenvalue weighted by molar-refractivity contribution is 7.09. The Labute approximate surface area is 169 Å². The van der Waals surface area contributed by atoms with E-state index in [1.54, 1.807) is 0 Å². The molecule has 29 heavy (non-hydrogen) atoms. The van der Waals surface area contributed by atoms with E-state index >= 15 is 0 Å². The molecule has 10 heteroatoms. The molecule has 0 spiro atoms. The molecule has 1 saturated heterocycles. The lowest BCUT2D eigenvalue weighted by atomic mass is 9.96. The topological polar surface area (TPSA) is 80.8 Å². The van der Waals surface area contributed by atoms with Gasteiger partial charge in [-0.1, -0.05) is 17.3 Å². The lowest BCUT2D eigenvalue weighted by Crippen LogP contribution is -2.39. The maximum Gasteiger partial charge on any atom is 0.281 e. The molecule has 0 aliphatic carbocycles. The standard InChI is InChI=1S/C19H20F2N4O3S/c20-18(21)16-17(29-11-22-16)14(9-23-26)25-7-5-12(6-8-25)10-27-19-13-3-1-2-4-15(13)28-24-19/h1-4,11-12,14,18H,5-10H2. The van der Waals surface area contributed by atoms with Crippen molar-refractivity contribution in [1.82, 2.24) is 15.0 Å². The van der Waals surface area contributed by atoms with Crippen LogP contribution < -0.4 is 4.74 Å². The molecule has 1 aromatic carbocycles. The van der Waals surface area contributed by atoms with E-state index in [1.807, 2.05) is 29.2 Å². The number of hydrogen-bond acceptors (Lipinski definition) is 8. The third-order valence-corrected chi connectivity index (χ3v) is 6.22. The minimum Gasteiger partial charge on any atom is -0.475 e. The third-order valence-electron chi connectivity index (χ3n) is 5.27. The summed E-state index contributed by atoms with van der Waals surface area (Å²) < 4.78 is 37.6. The highest BCUT2D eigenvalue weighted by Gasteiger charge is 2.31. The van der Waals surface area contributed by atoms with Crippen LogP contribution in [0.3, 0.4) is 0 Å². The lowest BCUT2D eigenvalue weighted by molar-refractivity contribution is 0.103. The summed E-state index contributed by atoms with van der Waals surface area (Å²) in [4.78, 5) is 17.2. The van der Waals surface area contributed by atoms with Gasteiger partial charge in [-0.15, -0.1) is 11.3 Å². The van der Waals surface area contributed by atoms with Gasteiger partial charge in [0.1, 0.15) is 12.2 Å². The van der Waals surface area contributed by atoms with Crippen LogP contribution in [0.1, 0.15) is 35.9 Å². The van der Waals surface area contributed by atoms with Crippen LogP contribution in [-0.4, -0.2) is 41.3 Å². The molecule has 0 amide bonds. The molecule has 3 heterocycles. The number of piperidine rings is 1. The first kappa shape index (κ1) is 19.8. The van der Waals surface area contributed by atoms with Gasteiger partial charge >= 0.3 is 0 Å². The Morgan fingerprint density at radius 1 is 1.31 bits per heavy atom. The van der Waals surface area contributed by atoms with Crippen LogP contribution in [0.4, 0.5) is 8.78 Å². The summed E-state index contributed by atoms with van der Waals surface area (Å²) in [6.45, 7) is 1.79. The molecule has 1 atom stereocenters. The van der Waals surface area contributed by atoms with Crippen molar-refractivity contribution in [2.75, 3.05) is 26.2 Å². The van der Waals surface area contributed by atoms with Gasteiger partial charge in [-0.05, 0) is 49.1 Å². The fraction of sp³-hybridized carbons (Fsp3) is 0.474. The summed E-state index contributed by atoms with van der Waals surface area (Å²) in [6, 6.07) is 7.06. The minimum atomic E-state index is -2.66. The Bertz CT molecular complexity index is 956. The van der Waals surface area contributed by atoms with Crippen LogP contribution in [0.2, 0.25) is 0 Å². The molecule has 1 aliphatic heterocycles. The Hall–Kier alpha value is -2.46. The maximum atomic E-state index is 13.2. The average molecular weight is 422 g/mol. The highest BCUT2D eigenvalue weighted by atomic mass is 32.1. The predicted molar refractivity (Wildman–Crippen MR) is 104 cm³/mol. The fourth-order valence-electron chi connectivity index (χ4n) is 3.71. The molecular formula is C19H20F2N4O3S. The van der Waals surface area contributed by atoms with Gasteiger partial charge in [0.15, 0.2) is 5.58 Å². The highest BCUT2D eigenvalue weighted by Crippen LogP contribution is 2.35.